The highest BCUT2D eigenvalue weighted by Gasteiger charge is 2.05. The Morgan fingerprint density at radius 2 is 1.36 bits per heavy atom. The molecule has 1 aromatic rings. The molecule has 0 spiro atoms. The van der Waals surface area contributed by atoms with Crippen molar-refractivity contribution in [1.82, 2.24) is 0 Å². The number of rotatable bonds is 14. The molecule has 0 aliphatic rings. The molecule has 0 aliphatic heterocycles. The van der Waals surface area contributed by atoms with Crippen molar-refractivity contribution in [2.75, 3.05) is 13.2 Å². The Morgan fingerprint density at radius 1 is 0.760 bits per heavy atom. The van der Waals surface area contributed by atoms with E-state index in [4.69, 9.17) is 9.47 Å². The van der Waals surface area contributed by atoms with Crippen LogP contribution in [0.2, 0.25) is 0 Å². The van der Waals surface area contributed by atoms with Gasteiger partial charge in [0.2, 0.25) is 0 Å². The Hall–Kier alpha value is -1.84. The van der Waals surface area contributed by atoms with Crippen LogP contribution in [0.3, 0.4) is 0 Å². The third-order valence-corrected chi connectivity index (χ3v) is 3.99. The lowest BCUT2D eigenvalue weighted by Gasteiger charge is -2.06. The monoisotopic (exact) mass is 348 g/mol. The first-order chi connectivity index (χ1) is 12.2. The van der Waals surface area contributed by atoms with Crippen LogP contribution in [0.15, 0.2) is 30.3 Å². The number of esters is 2. The summed E-state index contributed by atoms with van der Waals surface area (Å²) in [4.78, 5) is 23.1. The van der Waals surface area contributed by atoms with Crippen LogP contribution in [0.25, 0.3) is 0 Å². The average molecular weight is 348 g/mol. The molecule has 0 atom stereocenters. The summed E-state index contributed by atoms with van der Waals surface area (Å²) in [6, 6.07) is 10.2. The van der Waals surface area contributed by atoms with Gasteiger partial charge in [0, 0.05) is 12.8 Å². The highest BCUT2D eigenvalue weighted by atomic mass is 16.5. The molecule has 0 aliphatic carbocycles. The summed E-state index contributed by atoms with van der Waals surface area (Å²) in [6.45, 7) is 3.12. The van der Waals surface area contributed by atoms with Crippen molar-refractivity contribution >= 4 is 11.9 Å². The van der Waals surface area contributed by atoms with Crippen LogP contribution in [-0.2, 0) is 25.5 Å². The van der Waals surface area contributed by atoms with Gasteiger partial charge >= 0.3 is 11.9 Å². The van der Waals surface area contributed by atoms with Gasteiger partial charge in [-0.1, -0.05) is 56.5 Å². The van der Waals surface area contributed by atoms with Crippen molar-refractivity contribution in [2.24, 2.45) is 0 Å². The molecule has 4 heteroatoms. The number of benzene rings is 1. The van der Waals surface area contributed by atoms with E-state index in [0.717, 1.165) is 51.4 Å². The van der Waals surface area contributed by atoms with Crippen molar-refractivity contribution in [3.05, 3.63) is 35.9 Å². The van der Waals surface area contributed by atoms with E-state index < -0.39 is 0 Å². The second-order valence-corrected chi connectivity index (χ2v) is 6.30. The normalized spacial score (nSPS) is 10.4. The molecule has 0 N–H and O–H groups in total. The lowest BCUT2D eigenvalue weighted by molar-refractivity contribution is -0.144. The van der Waals surface area contributed by atoms with E-state index in [-0.39, 0.29) is 11.9 Å². The van der Waals surface area contributed by atoms with Crippen molar-refractivity contribution in [1.29, 1.82) is 0 Å². The minimum atomic E-state index is -0.143. The van der Waals surface area contributed by atoms with Crippen LogP contribution < -0.4 is 0 Å². The Bertz CT molecular complexity index is 470. The second kappa shape index (κ2) is 14.5. The molecule has 0 amide bonds. The van der Waals surface area contributed by atoms with E-state index in [0.29, 0.717) is 26.1 Å². The third kappa shape index (κ3) is 12.2. The van der Waals surface area contributed by atoms with Crippen LogP contribution >= 0.6 is 0 Å². The maximum atomic E-state index is 11.6. The van der Waals surface area contributed by atoms with Gasteiger partial charge in [0.05, 0.1) is 13.2 Å². The van der Waals surface area contributed by atoms with Crippen LogP contribution in [0, 0.1) is 0 Å². The number of aryl methyl sites for hydroxylation is 1. The zero-order chi connectivity index (χ0) is 18.2. The highest BCUT2D eigenvalue weighted by Crippen LogP contribution is 2.07. The van der Waals surface area contributed by atoms with E-state index in [1.807, 2.05) is 18.2 Å². The third-order valence-electron chi connectivity index (χ3n) is 3.99. The largest absolute Gasteiger partial charge is 0.466 e. The quantitative estimate of drug-likeness (QED) is 0.356. The van der Waals surface area contributed by atoms with Gasteiger partial charge in [-0.05, 0) is 37.7 Å². The van der Waals surface area contributed by atoms with Gasteiger partial charge in [-0.15, -0.1) is 0 Å². The first-order valence-electron chi connectivity index (χ1n) is 9.57. The predicted octanol–water partition coefficient (Wildman–Crippen LogP) is 4.85. The molecular formula is C21H32O4. The van der Waals surface area contributed by atoms with Crippen molar-refractivity contribution in [3.63, 3.8) is 0 Å². The number of unbranched alkanes of at least 4 members (excludes halogenated alkanes) is 4. The minimum absolute atomic E-state index is 0.125. The summed E-state index contributed by atoms with van der Waals surface area (Å²) in [5, 5.41) is 0. The van der Waals surface area contributed by atoms with Gasteiger partial charge in [0.25, 0.3) is 0 Å². The summed E-state index contributed by atoms with van der Waals surface area (Å²) in [6.07, 6.45) is 8.19. The van der Waals surface area contributed by atoms with E-state index in [2.05, 4.69) is 19.1 Å². The van der Waals surface area contributed by atoms with Crippen LogP contribution in [0.4, 0.5) is 0 Å². The molecule has 140 valence electrons. The number of carbonyl (C=O) groups is 2. The maximum Gasteiger partial charge on any atom is 0.305 e. The Kier molecular flexibility index (Phi) is 12.3. The van der Waals surface area contributed by atoms with E-state index in [1.54, 1.807) is 0 Å². The lowest BCUT2D eigenvalue weighted by Crippen LogP contribution is -2.07. The van der Waals surface area contributed by atoms with Gasteiger partial charge in [0.1, 0.15) is 0 Å². The zero-order valence-electron chi connectivity index (χ0n) is 15.5. The minimum Gasteiger partial charge on any atom is -0.466 e. The summed E-state index contributed by atoms with van der Waals surface area (Å²) in [7, 11) is 0. The van der Waals surface area contributed by atoms with Crippen molar-refractivity contribution in [2.45, 2.75) is 71.1 Å². The van der Waals surface area contributed by atoms with Crippen LogP contribution in [0.5, 0.6) is 0 Å². The summed E-state index contributed by atoms with van der Waals surface area (Å²) in [5.74, 6) is -0.269. The zero-order valence-corrected chi connectivity index (χ0v) is 15.5. The topological polar surface area (TPSA) is 52.6 Å². The van der Waals surface area contributed by atoms with Crippen LogP contribution in [-0.4, -0.2) is 25.2 Å². The summed E-state index contributed by atoms with van der Waals surface area (Å²) < 4.78 is 10.4. The van der Waals surface area contributed by atoms with Gasteiger partial charge in [-0.25, -0.2) is 0 Å². The molecule has 0 fully saturated rings. The SMILES string of the molecule is CCCCCOC(=O)CCCCCC(=O)OCCCc1ccccc1. The lowest BCUT2D eigenvalue weighted by atomic mass is 10.1. The van der Waals surface area contributed by atoms with Gasteiger partial charge < -0.3 is 9.47 Å². The fourth-order valence-corrected chi connectivity index (χ4v) is 2.50. The van der Waals surface area contributed by atoms with Gasteiger partial charge in [-0.3, -0.25) is 9.59 Å². The molecule has 0 unspecified atom stereocenters. The van der Waals surface area contributed by atoms with Gasteiger partial charge in [0.15, 0.2) is 0 Å². The van der Waals surface area contributed by atoms with Crippen molar-refractivity contribution in [3.8, 4) is 0 Å². The molecule has 0 saturated carbocycles. The number of hydrogen-bond acceptors (Lipinski definition) is 4. The summed E-state index contributed by atoms with van der Waals surface area (Å²) >= 11 is 0. The fourth-order valence-electron chi connectivity index (χ4n) is 2.50. The van der Waals surface area contributed by atoms with E-state index in [9.17, 15) is 9.59 Å². The maximum absolute atomic E-state index is 11.6. The number of hydrogen-bond donors (Lipinski definition) is 0. The Balaban J connectivity index is 1.90. The Morgan fingerprint density at radius 3 is 1.96 bits per heavy atom. The number of carbonyl (C=O) groups excluding carboxylic acids is 2. The standard InChI is InChI=1S/C21H32O4/c1-2-3-10-17-24-20(22)15-8-5-9-16-21(23)25-18-11-14-19-12-6-4-7-13-19/h4,6-7,12-13H,2-3,5,8-11,14-18H2,1H3. The first kappa shape index (κ1) is 21.2. The first-order valence-corrected chi connectivity index (χ1v) is 9.57. The molecule has 0 heterocycles. The molecule has 25 heavy (non-hydrogen) atoms. The molecular weight excluding hydrogens is 316 g/mol. The molecule has 1 rings (SSSR count). The molecule has 4 nitrogen and oxygen atoms in total. The smallest absolute Gasteiger partial charge is 0.305 e. The van der Waals surface area contributed by atoms with Gasteiger partial charge in [-0.2, -0.15) is 0 Å². The fraction of sp³-hybridized carbons (Fsp3) is 0.619. The van der Waals surface area contributed by atoms with Crippen LogP contribution in [0.1, 0.15) is 70.3 Å². The highest BCUT2D eigenvalue weighted by molar-refractivity contribution is 5.69. The molecule has 1 aromatic carbocycles. The summed E-state index contributed by atoms with van der Waals surface area (Å²) in [5.41, 5.74) is 1.26. The molecule has 0 aromatic heterocycles. The van der Waals surface area contributed by atoms with E-state index in [1.165, 1.54) is 5.56 Å². The Labute approximate surface area is 151 Å². The molecule has 0 bridgehead atoms. The predicted molar refractivity (Wildman–Crippen MR) is 99.3 cm³/mol. The number of ether oxygens (including phenoxy) is 2. The van der Waals surface area contributed by atoms with Crippen molar-refractivity contribution < 1.29 is 19.1 Å². The molecule has 0 radical (unpaired) electrons. The van der Waals surface area contributed by atoms with E-state index >= 15 is 0 Å². The second-order valence-electron chi connectivity index (χ2n) is 6.30. The molecule has 0 saturated heterocycles. The average Bonchev–Trinajstić information content (AvgIpc) is 2.63.